The van der Waals surface area contributed by atoms with E-state index in [-0.39, 0.29) is 11.8 Å². The number of aryl methyl sites for hydroxylation is 2. The Kier molecular flexibility index (Phi) is 6.32. The number of hydrogen-bond acceptors (Lipinski definition) is 2. The molecule has 0 aliphatic heterocycles. The Labute approximate surface area is 120 Å². The van der Waals surface area contributed by atoms with Crippen LogP contribution in [0.5, 0.6) is 0 Å². The van der Waals surface area contributed by atoms with Gasteiger partial charge in [-0.15, -0.1) is 11.6 Å². The van der Waals surface area contributed by atoms with E-state index in [1.165, 1.54) is 0 Å². The Morgan fingerprint density at radius 1 is 1.47 bits per heavy atom. The number of anilines is 1. The van der Waals surface area contributed by atoms with Gasteiger partial charge in [0.25, 0.3) is 0 Å². The number of alkyl halides is 1. The molecular formula is C15H22ClNO2. The molecule has 1 aromatic carbocycles. The molecule has 0 radical (unpaired) electrons. The molecule has 1 N–H and O–H groups in total. The second-order valence-electron chi connectivity index (χ2n) is 4.79. The Balaban J connectivity index is 2.82. The lowest BCUT2D eigenvalue weighted by molar-refractivity contribution is -0.117. The smallest absolute Gasteiger partial charge is 0.242 e. The van der Waals surface area contributed by atoms with Crippen molar-refractivity contribution in [2.45, 2.75) is 32.6 Å². The molecule has 4 heteroatoms. The Morgan fingerprint density at radius 2 is 2.16 bits per heavy atom. The molecule has 0 heterocycles. The van der Waals surface area contributed by atoms with E-state index >= 15 is 0 Å². The number of carbonyl (C=O) groups is 1. The van der Waals surface area contributed by atoms with Gasteiger partial charge in [-0.3, -0.25) is 4.79 Å². The number of nitrogens with one attached hydrogen (secondary N) is 1. The van der Waals surface area contributed by atoms with Gasteiger partial charge < -0.3 is 10.1 Å². The zero-order valence-electron chi connectivity index (χ0n) is 12.0. The molecule has 3 nitrogen and oxygen atoms in total. The van der Waals surface area contributed by atoms with Crippen LogP contribution in [-0.4, -0.2) is 25.0 Å². The summed E-state index contributed by atoms with van der Waals surface area (Å²) in [6.45, 7) is 6.42. The summed E-state index contributed by atoms with van der Waals surface area (Å²) in [6.07, 6.45) is 0.873. The van der Waals surface area contributed by atoms with Crippen LogP contribution in [0.15, 0.2) is 18.2 Å². The quantitative estimate of drug-likeness (QED) is 0.813. The molecule has 0 bridgehead atoms. The molecule has 0 saturated carbocycles. The van der Waals surface area contributed by atoms with Crippen molar-refractivity contribution in [1.82, 2.24) is 0 Å². The van der Waals surface area contributed by atoms with Crippen LogP contribution in [0.4, 0.5) is 5.69 Å². The normalized spacial score (nSPS) is 13.9. The summed E-state index contributed by atoms with van der Waals surface area (Å²) in [7, 11) is 1.61. The van der Waals surface area contributed by atoms with Crippen molar-refractivity contribution in [3.63, 3.8) is 0 Å². The third-order valence-electron chi connectivity index (χ3n) is 3.17. The van der Waals surface area contributed by atoms with Crippen molar-refractivity contribution in [2.24, 2.45) is 5.92 Å². The third kappa shape index (κ3) is 4.22. The van der Waals surface area contributed by atoms with E-state index in [2.05, 4.69) is 12.2 Å². The fourth-order valence-corrected chi connectivity index (χ4v) is 2.13. The minimum atomic E-state index is -0.593. The van der Waals surface area contributed by atoms with E-state index in [1.54, 1.807) is 7.11 Å². The van der Waals surface area contributed by atoms with Crippen LogP contribution in [0, 0.1) is 12.8 Å². The summed E-state index contributed by atoms with van der Waals surface area (Å²) in [6, 6.07) is 6.00. The van der Waals surface area contributed by atoms with Crippen LogP contribution in [0.3, 0.4) is 0 Å². The van der Waals surface area contributed by atoms with E-state index in [0.717, 1.165) is 23.2 Å². The van der Waals surface area contributed by atoms with E-state index < -0.39 is 5.38 Å². The summed E-state index contributed by atoms with van der Waals surface area (Å²) in [5, 5.41) is 2.35. The van der Waals surface area contributed by atoms with Gasteiger partial charge in [-0.2, -0.15) is 0 Å². The van der Waals surface area contributed by atoms with Gasteiger partial charge in [-0.1, -0.05) is 32.0 Å². The average molecular weight is 284 g/mol. The SMILES string of the molecule is CCc1cccc(C)c1NC(=O)[C@@H](Cl)C(C)COC. The molecule has 106 valence electrons. The van der Waals surface area contributed by atoms with Crippen LogP contribution in [0.2, 0.25) is 0 Å². The molecule has 0 aromatic heterocycles. The van der Waals surface area contributed by atoms with E-state index in [4.69, 9.17) is 16.3 Å². The molecule has 0 aliphatic carbocycles. The molecule has 1 unspecified atom stereocenters. The number of para-hydroxylation sites is 1. The number of carbonyl (C=O) groups excluding carboxylic acids is 1. The van der Waals surface area contributed by atoms with Gasteiger partial charge in [0.15, 0.2) is 0 Å². The minimum Gasteiger partial charge on any atom is -0.384 e. The summed E-state index contributed by atoms with van der Waals surface area (Å²) in [5.41, 5.74) is 3.05. The Bertz CT molecular complexity index is 434. The topological polar surface area (TPSA) is 38.3 Å². The first-order valence-corrected chi connectivity index (χ1v) is 6.97. The maximum absolute atomic E-state index is 12.2. The fourth-order valence-electron chi connectivity index (χ4n) is 2.00. The lowest BCUT2D eigenvalue weighted by Crippen LogP contribution is -2.31. The number of amides is 1. The van der Waals surface area contributed by atoms with Crippen molar-refractivity contribution < 1.29 is 9.53 Å². The molecule has 0 fully saturated rings. The Morgan fingerprint density at radius 3 is 2.74 bits per heavy atom. The van der Waals surface area contributed by atoms with Crippen molar-refractivity contribution in [3.8, 4) is 0 Å². The average Bonchev–Trinajstić information content (AvgIpc) is 2.40. The highest BCUT2D eigenvalue weighted by molar-refractivity contribution is 6.32. The highest BCUT2D eigenvalue weighted by Gasteiger charge is 2.23. The molecule has 2 atom stereocenters. The van der Waals surface area contributed by atoms with Gasteiger partial charge in [0, 0.05) is 18.7 Å². The van der Waals surface area contributed by atoms with E-state index in [9.17, 15) is 4.79 Å². The maximum atomic E-state index is 12.2. The number of hydrogen-bond donors (Lipinski definition) is 1. The molecule has 0 spiro atoms. The summed E-state index contributed by atoms with van der Waals surface area (Å²) >= 11 is 6.17. The predicted molar refractivity (Wildman–Crippen MR) is 79.9 cm³/mol. The molecule has 19 heavy (non-hydrogen) atoms. The molecule has 1 rings (SSSR count). The van der Waals surface area contributed by atoms with Gasteiger partial charge in [0.05, 0.1) is 6.61 Å². The minimum absolute atomic E-state index is 0.0271. The molecule has 0 saturated heterocycles. The van der Waals surface area contributed by atoms with Gasteiger partial charge in [-0.05, 0) is 24.5 Å². The monoisotopic (exact) mass is 283 g/mol. The fraction of sp³-hybridized carbons (Fsp3) is 0.533. The lowest BCUT2D eigenvalue weighted by atomic mass is 10.0. The summed E-state index contributed by atoms with van der Waals surface area (Å²) in [4.78, 5) is 12.2. The van der Waals surface area contributed by atoms with Crippen LogP contribution in [-0.2, 0) is 16.0 Å². The van der Waals surface area contributed by atoms with Crippen molar-refractivity contribution in [3.05, 3.63) is 29.3 Å². The zero-order valence-corrected chi connectivity index (χ0v) is 12.8. The summed E-state index contributed by atoms with van der Waals surface area (Å²) in [5.74, 6) is -0.198. The predicted octanol–water partition coefficient (Wildman–Crippen LogP) is 3.39. The first kappa shape index (κ1) is 16.0. The molecule has 1 aromatic rings. The van der Waals surface area contributed by atoms with Crippen LogP contribution in [0.1, 0.15) is 25.0 Å². The number of benzene rings is 1. The number of methoxy groups -OCH3 is 1. The largest absolute Gasteiger partial charge is 0.384 e. The number of halogens is 1. The van der Waals surface area contributed by atoms with Crippen LogP contribution < -0.4 is 5.32 Å². The second-order valence-corrected chi connectivity index (χ2v) is 5.26. The van der Waals surface area contributed by atoms with Crippen molar-refractivity contribution in [1.29, 1.82) is 0 Å². The second kappa shape index (κ2) is 7.51. The highest BCUT2D eigenvalue weighted by Crippen LogP contribution is 2.22. The van der Waals surface area contributed by atoms with Gasteiger partial charge >= 0.3 is 0 Å². The highest BCUT2D eigenvalue weighted by atomic mass is 35.5. The lowest BCUT2D eigenvalue weighted by Gasteiger charge is -2.19. The van der Waals surface area contributed by atoms with Gasteiger partial charge in [0.1, 0.15) is 5.38 Å². The first-order chi connectivity index (χ1) is 9.01. The summed E-state index contributed by atoms with van der Waals surface area (Å²) < 4.78 is 5.03. The van der Waals surface area contributed by atoms with E-state index in [0.29, 0.717) is 6.61 Å². The zero-order chi connectivity index (χ0) is 14.4. The Hall–Kier alpha value is -1.06. The molecular weight excluding hydrogens is 262 g/mol. The maximum Gasteiger partial charge on any atom is 0.242 e. The molecule has 1 amide bonds. The number of ether oxygens (including phenoxy) is 1. The van der Waals surface area contributed by atoms with Gasteiger partial charge in [0.2, 0.25) is 5.91 Å². The van der Waals surface area contributed by atoms with Crippen molar-refractivity contribution >= 4 is 23.2 Å². The van der Waals surface area contributed by atoms with Crippen molar-refractivity contribution in [2.75, 3.05) is 19.0 Å². The van der Waals surface area contributed by atoms with Gasteiger partial charge in [-0.25, -0.2) is 0 Å². The van der Waals surface area contributed by atoms with Crippen LogP contribution in [0.25, 0.3) is 0 Å². The standard InChI is InChI=1S/C15H22ClNO2/c1-5-12-8-6-7-10(2)14(12)17-15(18)13(16)11(3)9-19-4/h6-8,11,13H,5,9H2,1-4H3,(H,17,18)/t11?,13-/m0/s1. The molecule has 0 aliphatic rings. The van der Waals surface area contributed by atoms with Crippen LogP contribution >= 0.6 is 11.6 Å². The van der Waals surface area contributed by atoms with E-state index in [1.807, 2.05) is 32.0 Å². The first-order valence-electron chi connectivity index (χ1n) is 6.53. The number of rotatable bonds is 6. The third-order valence-corrected chi connectivity index (χ3v) is 3.80.